The lowest BCUT2D eigenvalue weighted by molar-refractivity contribution is -0.122. The molecule has 0 fully saturated rings. The SMILES string of the molecule is CCNC(=O)[C@@H](C)NCI. The summed E-state index contributed by atoms with van der Waals surface area (Å²) in [6.45, 7) is 4.46. The van der Waals surface area contributed by atoms with Crippen molar-refractivity contribution >= 4 is 28.5 Å². The molecular formula is C6H13IN2O. The van der Waals surface area contributed by atoms with Gasteiger partial charge in [-0.05, 0) is 13.8 Å². The Morgan fingerprint density at radius 2 is 2.30 bits per heavy atom. The Bertz CT molecular complexity index is 108. The van der Waals surface area contributed by atoms with E-state index in [1.165, 1.54) is 0 Å². The normalized spacial score (nSPS) is 12.7. The van der Waals surface area contributed by atoms with Crippen LogP contribution in [-0.2, 0) is 4.79 Å². The van der Waals surface area contributed by atoms with Crippen LogP contribution < -0.4 is 10.6 Å². The van der Waals surface area contributed by atoms with Gasteiger partial charge in [0.25, 0.3) is 0 Å². The van der Waals surface area contributed by atoms with Gasteiger partial charge in [0.15, 0.2) is 0 Å². The van der Waals surface area contributed by atoms with Crippen LogP contribution >= 0.6 is 22.6 Å². The zero-order chi connectivity index (χ0) is 7.98. The van der Waals surface area contributed by atoms with E-state index in [1.807, 2.05) is 13.8 Å². The zero-order valence-electron chi connectivity index (χ0n) is 6.28. The van der Waals surface area contributed by atoms with Gasteiger partial charge in [0.05, 0.1) is 6.04 Å². The molecule has 0 aromatic heterocycles. The first-order valence-corrected chi connectivity index (χ1v) is 4.82. The van der Waals surface area contributed by atoms with Crippen molar-refractivity contribution in [3.05, 3.63) is 0 Å². The average Bonchev–Trinajstić information content (AvgIpc) is 1.89. The van der Waals surface area contributed by atoms with Gasteiger partial charge in [0.2, 0.25) is 5.91 Å². The van der Waals surface area contributed by atoms with E-state index in [9.17, 15) is 4.79 Å². The maximum Gasteiger partial charge on any atom is 0.236 e. The maximum atomic E-state index is 11.0. The number of alkyl halides is 1. The number of rotatable bonds is 4. The summed E-state index contributed by atoms with van der Waals surface area (Å²) in [7, 11) is 0. The van der Waals surface area contributed by atoms with Gasteiger partial charge in [0.1, 0.15) is 0 Å². The van der Waals surface area contributed by atoms with E-state index < -0.39 is 0 Å². The third kappa shape index (κ3) is 4.05. The van der Waals surface area contributed by atoms with E-state index in [2.05, 4.69) is 33.2 Å². The zero-order valence-corrected chi connectivity index (χ0v) is 8.44. The summed E-state index contributed by atoms with van der Waals surface area (Å²) in [6.07, 6.45) is 0. The molecule has 3 nitrogen and oxygen atoms in total. The van der Waals surface area contributed by atoms with Crippen molar-refractivity contribution in [2.75, 3.05) is 11.1 Å². The number of likely N-dealkylation sites (N-methyl/N-ethyl adjacent to an activating group) is 1. The number of carbonyl (C=O) groups is 1. The predicted octanol–water partition coefficient (Wildman–Crippen LogP) is 0.493. The van der Waals surface area contributed by atoms with Crippen LogP contribution in [0, 0.1) is 0 Å². The van der Waals surface area contributed by atoms with E-state index in [1.54, 1.807) is 0 Å². The van der Waals surface area contributed by atoms with Crippen molar-refractivity contribution in [1.29, 1.82) is 0 Å². The van der Waals surface area contributed by atoms with Crippen LogP contribution in [0.4, 0.5) is 0 Å². The molecule has 0 rings (SSSR count). The lowest BCUT2D eigenvalue weighted by atomic mass is 10.3. The van der Waals surface area contributed by atoms with E-state index in [0.29, 0.717) is 6.54 Å². The van der Waals surface area contributed by atoms with Gasteiger partial charge in [-0.2, -0.15) is 0 Å². The summed E-state index contributed by atoms with van der Waals surface area (Å²) in [6, 6.07) is -0.0724. The minimum Gasteiger partial charge on any atom is -0.355 e. The van der Waals surface area contributed by atoms with Gasteiger partial charge in [0, 0.05) is 11.1 Å². The van der Waals surface area contributed by atoms with Gasteiger partial charge in [-0.15, -0.1) is 0 Å². The first kappa shape index (κ1) is 10.2. The molecule has 0 heterocycles. The second kappa shape index (κ2) is 5.91. The van der Waals surface area contributed by atoms with Crippen molar-refractivity contribution in [2.45, 2.75) is 19.9 Å². The van der Waals surface area contributed by atoms with Crippen LogP contribution in [-0.4, -0.2) is 23.0 Å². The molecule has 0 aliphatic rings. The van der Waals surface area contributed by atoms with E-state index in [-0.39, 0.29) is 11.9 Å². The van der Waals surface area contributed by atoms with Crippen LogP contribution in [0.2, 0.25) is 0 Å². The molecular weight excluding hydrogens is 243 g/mol. The number of hydrogen-bond donors (Lipinski definition) is 2. The van der Waals surface area contributed by atoms with Gasteiger partial charge in [-0.3, -0.25) is 10.1 Å². The van der Waals surface area contributed by atoms with Crippen LogP contribution in [0.15, 0.2) is 0 Å². The molecule has 0 bridgehead atoms. The largest absolute Gasteiger partial charge is 0.355 e. The molecule has 1 atom stereocenters. The molecule has 60 valence electrons. The smallest absolute Gasteiger partial charge is 0.236 e. The molecule has 10 heavy (non-hydrogen) atoms. The Kier molecular flexibility index (Phi) is 6.00. The number of amides is 1. The first-order valence-electron chi connectivity index (χ1n) is 3.29. The van der Waals surface area contributed by atoms with Crippen molar-refractivity contribution in [3.63, 3.8) is 0 Å². The molecule has 0 unspecified atom stereocenters. The second-order valence-corrected chi connectivity index (χ2v) is 2.72. The van der Waals surface area contributed by atoms with Crippen molar-refractivity contribution in [1.82, 2.24) is 10.6 Å². The van der Waals surface area contributed by atoms with E-state index >= 15 is 0 Å². The fourth-order valence-electron chi connectivity index (χ4n) is 0.536. The fraction of sp³-hybridized carbons (Fsp3) is 0.833. The lowest BCUT2D eigenvalue weighted by Crippen LogP contribution is -2.41. The molecule has 0 spiro atoms. The quantitative estimate of drug-likeness (QED) is 0.436. The Morgan fingerprint density at radius 1 is 1.70 bits per heavy atom. The Hall–Kier alpha value is 0.160. The number of nitrogens with one attached hydrogen (secondary N) is 2. The highest BCUT2D eigenvalue weighted by Gasteiger charge is 2.08. The molecule has 0 saturated heterocycles. The lowest BCUT2D eigenvalue weighted by Gasteiger charge is -2.09. The van der Waals surface area contributed by atoms with E-state index in [0.717, 1.165) is 4.55 Å². The minimum absolute atomic E-state index is 0.0687. The maximum absolute atomic E-state index is 11.0. The van der Waals surface area contributed by atoms with Gasteiger partial charge in [-0.1, -0.05) is 22.6 Å². The Labute approximate surface area is 75.1 Å². The summed E-state index contributed by atoms with van der Waals surface area (Å²) in [5.41, 5.74) is 0. The van der Waals surface area contributed by atoms with Crippen molar-refractivity contribution in [3.8, 4) is 0 Å². The Morgan fingerprint density at radius 3 is 2.70 bits per heavy atom. The number of hydrogen-bond acceptors (Lipinski definition) is 2. The molecule has 1 amide bonds. The van der Waals surface area contributed by atoms with E-state index in [4.69, 9.17) is 0 Å². The summed E-state index contributed by atoms with van der Waals surface area (Å²) in [5.74, 6) is 0.0687. The standard InChI is InChI=1S/C6H13IN2O/c1-3-8-6(10)5(2)9-4-7/h5,9H,3-4H2,1-2H3,(H,8,10)/t5-/m1/s1. The summed E-state index contributed by atoms with van der Waals surface area (Å²) >= 11 is 2.17. The molecule has 0 saturated carbocycles. The van der Waals surface area contributed by atoms with Crippen LogP contribution in [0.3, 0.4) is 0 Å². The Balaban J connectivity index is 3.49. The third-order valence-electron chi connectivity index (χ3n) is 1.13. The molecule has 2 N–H and O–H groups in total. The number of carbonyl (C=O) groups excluding carboxylic acids is 1. The molecule has 0 aromatic rings. The molecule has 0 radical (unpaired) electrons. The van der Waals surface area contributed by atoms with Gasteiger partial charge in [-0.25, -0.2) is 0 Å². The second-order valence-electron chi connectivity index (χ2n) is 1.95. The monoisotopic (exact) mass is 256 g/mol. The summed E-state index contributed by atoms with van der Waals surface area (Å²) in [5, 5.41) is 5.73. The summed E-state index contributed by atoms with van der Waals surface area (Å²) in [4.78, 5) is 11.0. The minimum atomic E-state index is -0.0724. The molecule has 0 aliphatic carbocycles. The highest BCUT2D eigenvalue weighted by Crippen LogP contribution is 1.83. The predicted molar refractivity (Wildman–Crippen MR) is 50.2 cm³/mol. The summed E-state index contributed by atoms with van der Waals surface area (Å²) < 4.78 is 0.802. The third-order valence-corrected chi connectivity index (χ3v) is 1.57. The van der Waals surface area contributed by atoms with Crippen LogP contribution in [0.1, 0.15) is 13.8 Å². The van der Waals surface area contributed by atoms with Crippen molar-refractivity contribution in [2.24, 2.45) is 0 Å². The topological polar surface area (TPSA) is 41.1 Å². The van der Waals surface area contributed by atoms with Crippen LogP contribution in [0.25, 0.3) is 0 Å². The average molecular weight is 256 g/mol. The highest BCUT2D eigenvalue weighted by atomic mass is 127. The highest BCUT2D eigenvalue weighted by molar-refractivity contribution is 14.1. The fourth-order valence-corrected chi connectivity index (χ4v) is 1.20. The van der Waals surface area contributed by atoms with Crippen molar-refractivity contribution < 1.29 is 4.79 Å². The van der Waals surface area contributed by atoms with Gasteiger partial charge >= 0.3 is 0 Å². The first-order chi connectivity index (χ1) is 4.72. The number of halogens is 1. The van der Waals surface area contributed by atoms with Crippen LogP contribution in [0.5, 0.6) is 0 Å². The molecule has 4 heteroatoms. The van der Waals surface area contributed by atoms with Gasteiger partial charge < -0.3 is 5.32 Å². The molecule has 0 aliphatic heterocycles. The molecule has 0 aromatic carbocycles.